The highest BCUT2D eigenvalue weighted by atomic mass is 32.2. The van der Waals surface area contributed by atoms with Crippen molar-refractivity contribution in [3.05, 3.63) is 53.7 Å². The predicted molar refractivity (Wildman–Crippen MR) is 76.7 cm³/mol. The van der Waals surface area contributed by atoms with Gasteiger partial charge in [-0.3, -0.25) is 0 Å². The summed E-state index contributed by atoms with van der Waals surface area (Å²) < 4.78 is 18.6. The summed E-state index contributed by atoms with van der Waals surface area (Å²) in [6, 6.07) is 8.78. The maximum absolute atomic E-state index is 13.3. The van der Waals surface area contributed by atoms with E-state index in [4.69, 9.17) is 4.42 Å². The van der Waals surface area contributed by atoms with Crippen LogP contribution in [0, 0.1) is 5.82 Å². The molecule has 0 aliphatic carbocycles. The number of rotatable bonds is 7. The molecule has 0 fully saturated rings. The van der Waals surface area contributed by atoms with E-state index in [1.807, 2.05) is 18.2 Å². The number of halogens is 1. The highest BCUT2D eigenvalue weighted by molar-refractivity contribution is 7.98. The second-order valence-electron chi connectivity index (χ2n) is 4.30. The zero-order chi connectivity index (χ0) is 13.5. The molecule has 0 spiro atoms. The molecule has 0 saturated heterocycles. The molecule has 0 bridgehead atoms. The molecule has 4 heteroatoms. The van der Waals surface area contributed by atoms with E-state index in [-0.39, 0.29) is 5.82 Å². The van der Waals surface area contributed by atoms with Gasteiger partial charge in [0.15, 0.2) is 0 Å². The number of thioether (sulfide) groups is 1. The fourth-order valence-corrected chi connectivity index (χ4v) is 2.71. The molecular formula is C15H18FNOS. The Morgan fingerprint density at radius 1 is 1.32 bits per heavy atom. The molecule has 1 heterocycles. The van der Waals surface area contributed by atoms with Gasteiger partial charge in [0.25, 0.3) is 0 Å². The van der Waals surface area contributed by atoms with Crippen LogP contribution in [0.1, 0.15) is 24.7 Å². The average Bonchev–Trinajstić information content (AvgIpc) is 2.91. The molecule has 1 N–H and O–H groups in total. The van der Waals surface area contributed by atoms with Crippen LogP contribution in [0.3, 0.4) is 0 Å². The summed E-state index contributed by atoms with van der Waals surface area (Å²) >= 11 is 1.67. The van der Waals surface area contributed by atoms with Crippen molar-refractivity contribution in [2.45, 2.75) is 30.5 Å². The van der Waals surface area contributed by atoms with Crippen LogP contribution in [-0.2, 0) is 12.3 Å². The summed E-state index contributed by atoms with van der Waals surface area (Å²) in [6.45, 7) is 3.76. The molecule has 2 aromatic rings. The molecule has 1 aromatic heterocycles. The summed E-state index contributed by atoms with van der Waals surface area (Å²) in [7, 11) is 0. The molecule has 0 saturated carbocycles. The van der Waals surface area contributed by atoms with Gasteiger partial charge in [0.1, 0.15) is 11.6 Å². The molecule has 0 aliphatic rings. The summed E-state index contributed by atoms with van der Waals surface area (Å²) in [5, 5.41) is 3.31. The van der Waals surface area contributed by atoms with Gasteiger partial charge in [0.2, 0.25) is 0 Å². The van der Waals surface area contributed by atoms with Crippen LogP contribution in [0.4, 0.5) is 4.39 Å². The molecule has 19 heavy (non-hydrogen) atoms. The van der Waals surface area contributed by atoms with E-state index in [1.165, 1.54) is 6.07 Å². The van der Waals surface area contributed by atoms with Crippen LogP contribution in [0.15, 0.2) is 45.9 Å². The number of benzene rings is 1. The normalized spacial score (nSPS) is 10.8. The minimum Gasteiger partial charge on any atom is -0.468 e. The first kappa shape index (κ1) is 14.2. The van der Waals surface area contributed by atoms with E-state index in [2.05, 4.69) is 12.2 Å². The lowest BCUT2D eigenvalue weighted by Gasteiger charge is -2.09. The Labute approximate surface area is 117 Å². The summed E-state index contributed by atoms with van der Waals surface area (Å²) in [4.78, 5) is 1.10. The van der Waals surface area contributed by atoms with Gasteiger partial charge >= 0.3 is 0 Å². The molecule has 0 amide bonds. The largest absolute Gasteiger partial charge is 0.468 e. The van der Waals surface area contributed by atoms with Gasteiger partial charge in [-0.15, -0.1) is 11.8 Å². The number of furan rings is 1. The van der Waals surface area contributed by atoms with Gasteiger partial charge in [0, 0.05) is 11.4 Å². The Morgan fingerprint density at radius 2 is 2.21 bits per heavy atom. The molecule has 2 nitrogen and oxygen atoms in total. The van der Waals surface area contributed by atoms with Crippen molar-refractivity contribution in [2.24, 2.45) is 0 Å². The van der Waals surface area contributed by atoms with E-state index in [0.717, 1.165) is 34.9 Å². The lowest BCUT2D eigenvalue weighted by atomic mass is 10.2. The Balaban J connectivity index is 2.01. The second kappa shape index (κ2) is 7.36. The summed E-state index contributed by atoms with van der Waals surface area (Å²) in [5.41, 5.74) is 1.00. The molecule has 0 radical (unpaired) electrons. The van der Waals surface area contributed by atoms with E-state index in [1.54, 1.807) is 24.1 Å². The Bertz CT molecular complexity index is 499. The van der Waals surface area contributed by atoms with Crippen molar-refractivity contribution in [2.75, 3.05) is 6.54 Å². The van der Waals surface area contributed by atoms with E-state index in [0.29, 0.717) is 6.54 Å². The van der Waals surface area contributed by atoms with Crippen LogP contribution < -0.4 is 5.32 Å². The minimum absolute atomic E-state index is 0.185. The summed E-state index contributed by atoms with van der Waals surface area (Å²) in [6.07, 6.45) is 2.74. The van der Waals surface area contributed by atoms with Gasteiger partial charge in [-0.05, 0) is 48.9 Å². The Kier molecular flexibility index (Phi) is 5.48. The highest BCUT2D eigenvalue weighted by Gasteiger charge is 2.06. The quantitative estimate of drug-likeness (QED) is 0.607. The SMILES string of the molecule is CCCNCc1cc(F)ccc1SCc1ccco1. The van der Waals surface area contributed by atoms with Gasteiger partial charge < -0.3 is 9.73 Å². The third kappa shape index (κ3) is 4.40. The predicted octanol–water partition coefficient (Wildman–Crippen LogP) is 4.21. The number of nitrogens with one attached hydrogen (secondary N) is 1. The fraction of sp³-hybridized carbons (Fsp3) is 0.333. The topological polar surface area (TPSA) is 25.2 Å². The molecule has 1 aromatic carbocycles. The monoisotopic (exact) mass is 279 g/mol. The van der Waals surface area contributed by atoms with Gasteiger partial charge in [-0.1, -0.05) is 6.92 Å². The van der Waals surface area contributed by atoms with Crippen molar-refractivity contribution in [1.29, 1.82) is 0 Å². The van der Waals surface area contributed by atoms with E-state index >= 15 is 0 Å². The van der Waals surface area contributed by atoms with Gasteiger partial charge in [-0.2, -0.15) is 0 Å². The average molecular weight is 279 g/mol. The minimum atomic E-state index is -0.185. The van der Waals surface area contributed by atoms with Crippen molar-refractivity contribution in [3.63, 3.8) is 0 Å². The van der Waals surface area contributed by atoms with Crippen LogP contribution in [0.25, 0.3) is 0 Å². The Hall–Kier alpha value is -1.26. The van der Waals surface area contributed by atoms with Crippen molar-refractivity contribution >= 4 is 11.8 Å². The first-order valence-corrected chi connectivity index (χ1v) is 7.42. The lowest BCUT2D eigenvalue weighted by molar-refractivity contribution is 0.530. The highest BCUT2D eigenvalue weighted by Crippen LogP contribution is 2.27. The zero-order valence-corrected chi connectivity index (χ0v) is 11.8. The lowest BCUT2D eigenvalue weighted by Crippen LogP contribution is -2.14. The van der Waals surface area contributed by atoms with Gasteiger partial charge in [0.05, 0.1) is 12.0 Å². The first-order valence-electron chi connectivity index (χ1n) is 6.44. The molecule has 0 unspecified atom stereocenters. The zero-order valence-electron chi connectivity index (χ0n) is 11.0. The third-order valence-electron chi connectivity index (χ3n) is 2.71. The van der Waals surface area contributed by atoms with Gasteiger partial charge in [-0.25, -0.2) is 4.39 Å². The number of hydrogen-bond donors (Lipinski definition) is 1. The van der Waals surface area contributed by atoms with Crippen LogP contribution >= 0.6 is 11.8 Å². The van der Waals surface area contributed by atoms with Crippen LogP contribution in [0.2, 0.25) is 0 Å². The molecule has 0 aliphatic heterocycles. The van der Waals surface area contributed by atoms with E-state index < -0.39 is 0 Å². The fourth-order valence-electron chi connectivity index (χ4n) is 1.77. The second-order valence-corrected chi connectivity index (χ2v) is 5.31. The maximum atomic E-state index is 13.3. The maximum Gasteiger partial charge on any atom is 0.123 e. The first-order chi connectivity index (χ1) is 9.29. The van der Waals surface area contributed by atoms with E-state index in [9.17, 15) is 4.39 Å². The molecule has 0 atom stereocenters. The van der Waals surface area contributed by atoms with Crippen molar-refractivity contribution < 1.29 is 8.81 Å². The van der Waals surface area contributed by atoms with Crippen molar-refractivity contribution in [1.82, 2.24) is 5.32 Å². The summed E-state index contributed by atoms with van der Waals surface area (Å²) in [5.74, 6) is 1.51. The van der Waals surface area contributed by atoms with Crippen LogP contribution in [0.5, 0.6) is 0 Å². The smallest absolute Gasteiger partial charge is 0.123 e. The third-order valence-corrected chi connectivity index (χ3v) is 3.85. The van der Waals surface area contributed by atoms with Crippen molar-refractivity contribution in [3.8, 4) is 0 Å². The number of hydrogen-bond acceptors (Lipinski definition) is 3. The van der Waals surface area contributed by atoms with Crippen LogP contribution in [-0.4, -0.2) is 6.54 Å². The standard InChI is InChI=1S/C15H18FNOS/c1-2-7-17-10-12-9-13(16)5-6-15(12)19-11-14-4-3-8-18-14/h3-6,8-9,17H,2,7,10-11H2,1H3. The Morgan fingerprint density at radius 3 is 2.95 bits per heavy atom. The molecular weight excluding hydrogens is 261 g/mol. The molecule has 102 valence electrons. The molecule has 2 rings (SSSR count).